The first-order valence-corrected chi connectivity index (χ1v) is 9.64. The van der Waals surface area contributed by atoms with Gasteiger partial charge in [-0.05, 0) is 18.6 Å². The zero-order chi connectivity index (χ0) is 15.4. The van der Waals surface area contributed by atoms with Crippen LogP contribution in [-0.2, 0) is 19.9 Å². The normalized spacial score (nSPS) is 12.2. The SMILES string of the molecule is CS(=O)(=O)CCCNS(=O)(=O)c1ccc(C(N)=S)cc1. The number of nitrogens with one attached hydrogen (secondary N) is 1. The second-order valence-electron chi connectivity index (χ2n) is 4.27. The molecule has 1 rings (SSSR count). The highest BCUT2D eigenvalue weighted by Crippen LogP contribution is 2.10. The Bertz CT molecular complexity index is 679. The molecule has 3 N–H and O–H groups in total. The molecule has 0 fully saturated rings. The minimum absolute atomic E-state index is 0.0596. The van der Waals surface area contributed by atoms with Crippen molar-refractivity contribution in [3.63, 3.8) is 0 Å². The highest BCUT2D eigenvalue weighted by molar-refractivity contribution is 7.90. The molecule has 1 aromatic rings. The smallest absolute Gasteiger partial charge is 0.240 e. The highest BCUT2D eigenvalue weighted by Gasteiger charge is 2.13. The maximum atomic E-state index is 11.9. The van der Waals surface area contributed by atoms with Gasteiger partial charge in [0.25, 0.3) is 0 Å². The van der Waals surface area contributed by atoms with E-state index in [2.05, 4.69) is 4.72 Å². The lowest BCUT2D eigenvalue weighted by Gasteiger charge is -2.07. The van der Waals surface area contributed by atoms with E-state index in [9.17, 15) is 16.8 Å². The van der Waals surface area contributed by atoms with Gasteiger partial charge < -0.3 is 5.73 Å². The molecule has 112 valence electrons. The van der Waals surface area contributed by atoms with Crippen LogP contribution in [0.5, 0.6) is 0 Å². The van der Waals surface area contributed by atoms with E-state index in [1.165, 1.54) is 24.3 Å². The number of benzene rings is 1. The lowest BCUT2D eigenvalue weighted by Crippen LogP contribution is -2.26. The fourth-order valence-electron chi connectivity index (χ4n) is 1.42. The minimum Gasteiger partial charge on any atom is -0.389 e. The van der Waals surface area contributed by atoms with E-state index < -0.39 is 19.9 Å². The molecule has 0 heterocycles. The highest BCUT2D eigenvalue weighted by atomic mass is 32.2. The minimum atomic E-state index is -3.65. The first-order chi connectivity index (χ1) is 9.12. The van der Waals surface area contributed by atoms with Gasteiger partial charge in [-0.15, -0.1) is 0 Å². The maximum absolute atomic E-state index is 11.9. The zero-order valence-corrected chi connectivity index (χ0v) is 13.3. The van der Waals surface area contributed by atoms with E-state index in [1.54, 1.807) is 0 Å². The van der Waals surface area contributed by atoms with E-state index in [0.29, 0.717) is 5.56 Å². The summed E-state index contributed by atoms with van der Waals surface area (Å²) in [5, 5.41) is 0. The molecule has 0 amide bonds. The molecule has 0 spiro atoms. The Morgan fingerprint density at radius 1 is 1.20 bits per heavy atom. The van der Waals surface area contributed by atoms with Gasteiger partial charge in [0, 0.05) is 18.4 Å². The molecule has 0 aliphatic carbocycles. The number of sulfonamides is 1. The summed E-state index contributed by atoms with van der Waals surface area (Å²) in [6.07, 6.45) is 1.33. The van der Waals surface area contributed by atoms with Crippen molar-refractivity contribution in [1.82, 2.24) is 4.72 Å². The first kappa shape index (κ1) is 17.0. The van der Waals surface area contributed by atoms with Crippen LogP contribution in [0.4, 0.5) is 0 Å². The Morgan fingerprint density at radius 2 is 1.75 bits per heavy atom. The average Bonchev–Trinajstić information content (AvgIpc) is 2.34. The molecule has 0 saturated carbocycles. The van der Waals surface area contributed by atoms with Crippen LogP contribution in [0.3, 0.4) is 0 Å². The van der Waals surface area contributed by atoms with Gasteiger partial charge >= 0.3 is 0 Å². The molecular formula is C11H16N2O4S3. The molecule has 9 heteroatoms. The Hall–Kier alpha value is -1.03. The van der Waals surface area contributed by atoms with Crippen LogP contribution >= 0.6 is 12.2 Å². The second-order valence-corrected chi connectivity index (χ2v) is 8.74. The maximum Gasteiger partial charge on any atom is 0.240 e. The monoisotopic (exact) mass is 336 g/mol. The summed E-state index contributed by atoms with van der Waals surface area (Å²) in [5.74, 6) is -0.0596. The van der Waals surface area contributed by atoms with Crippen LogP contribution in [0.25, 0.3) is 0 Å². The van der Waals surface area contributed by atoms with E-state index in [4.69, 9.17) is 18.0 Å². The Balaban J connectivity index is 2.67. The quantitative estimate of drug-likeness (QED) is 0.538. The largest absolute Gasteiger partial charge is 0.389 e. The van der Waals surface area contributed by atoms with Gasteiger partial charge in [-0.3, -0.25) is 0 Å². The number of nitrogens with two attached hydrogens (primary N) is 1. The molecule has 0 aliphatic heterocycles. The van der Waals surface area contributed by atoms with Crippen molar-refractivity contribution in [2.45, 2.75) is 11.3 Å². The number of hydrogen-bond donors (Lipinski definition) is 2. The summed E-state index contributed by atoms with van der Waals surface area (Å²) in [7, 11) is -6.73. The topological polar surface area (TPSA) is 106 Å². The first-order valence-electron chi connectivity index (χ1n) is 5.69. The van der Waals surface area contributed by atoms with Crippen molar-refractivity contribution in [1.29, 1.82) is 0 Å². The summed E-state index contributed by atoms with van der Waals surface area (Å²) >= 11 is 4.78. The van der Waals surface area contributed by atoms with Crippen molar-refractivity contribution in [2.24, 2.45) is 5.73 Å². The fraction of sp³-hybridized carbons (Fsp3) is 0.364. The molecule has 0 bridgehead atoms. The summed E-state index contributed by atoms with van der Waals surface area (Å²) < 4.78 is 48.0. The predicted octanol–water partition coefficient (Wildman–Crippen LogP) is 0.0338. The van der Waals surface area contributed by atoms with Crippen molar-refractivity contribution >= 4 is 37.1 Å². The molecular weight excluding hydrogens is 320 g/mol. The molecule has 6 nitrogen and oxygen atoms in total. The average molecular weight is 336 g/mol. The molecule has 0 saturated heterocycles. The van der Waals surface area contributed by atoms with Crippen LogP contribution < -0.4 is 10.5 Å². The standard InChI is InChI=1S/C11H16N2O4S3/c1-19(14,15)8-2-7-13-20(16,17)10-5-3-9(4-6-10)11(12)18/h3-6,13H,2,7-8H2,1H3,(H2,12,18). The number of hydrogen-bond acceptors (Lipinski definition) is 5. The Kier molecular flexibility index (Phi) is 5.63. The predicted molar refractivity (Wildman–Crippen MR) is 81.8 cm³/mol. The van der Waals surface area contributed by atoms with Gasteiger partial charge in [0.15, 0.2) is 0 Å². The third-order valence-electron chi connectivity index (χ3n) is 2.43. The van der Waals surface area contributed by atoms with Crippen LogP contribution in [-0.4, -0.2) is 40.4 Å². The van der Waals surface area contributed by atoms with Crippen LogP contribution in [0.1, 0.15) is 12.0 Å². The Morgan fingerprint density at radius 3 is 2.20 bits per heavy atom. The Labute approximate surface area is 124 Å². The van der Waals surface area contributed by atoms with Gasteiger partial charge in [-0.2, -0.15) is 0 Å². The third-order valence-corrected chi connectivity index (χ3v) is 5.18. The summed E-state index contributed by atoms with van der Waals surface area (Å²) in [4.78, 5) is 0.270. The van der Waals surface area contributed by atoms with E-state index in [1.807, 2.05) is 0 Å². The lowest BCUT2D eigenvalue weighted by molar-refractivity contribution is 0.577. The van der Waals surface area contributed by atoms with Crippen molar-refractivity contribution in [3.8, 4) is 0 Å². The molecule has 0 atom stereocenters. The van der Waals surface area contributed by atoms with Crippen molar-refractivity contribution in [2.75, 3.05) is 18.6 Å². The molecule has 0 aliphatic rings. The molecule has 0 unspecified atom stereocenters. The van der Waals surface area contributed by atoms with E-state index >= 15 is 0 Å². The molecule has 1 aromatic carbocycles. The van der Waals surface area contributed by atoms with Crippen molar-refractivity contribution in [3.05, 3.63) is 29.8 Å². The summed E-state index contributed by atoms with van der Waals surface area (Å²) in [6, 6.07) is 5.83. The number of rotatable bonds is 7. The van der Waals surface area contributed by atoms with Gasteiger partial charge in [-0.1, -0.05) is 24.4 Å². The number of thiocarbonyl (C=S) groups is 1. The zero-order valence-electron chi connectivity index (χ0n) is 10.9. The van der Waals surface area contributed by atoms with Gasteiger partial charge in [0.05, 0.1) is 10.6 Å². The van der Waals surface area contributed by atoms with Crippen LogP contribution in [0, 0.1) is 0 Å². The molecule has 0 radical (unpaired) electrons. The summed E-state index contributed by atoms with van der Waals surface area (Å²) in [6.45, 7) is 0.0620. The van der Waals surface area contributed by atoms with Gasteiger partial charge in [0.2, 0.25) is 10.0 Å². The van der Waals surface area contributed by atoms with Crippen LogP contribution in [0.15, 0.2) is 29.2 Å². The number of sulfone groups is 1. The van der Waals surface area contributed by atoms with E-state index in [-0.39, 0.29) is 28.6 Å². The second kappa shape index (κ2) is 6.61. The van der Waals surface area contributed by atoms with Gasteiger partial charge in [-0.25, -0.2) is 21.6 Å². The summed E-state index contributed by atoms with van der Waals surface area (Å²) in [5.41, 5.74) is 6.00. The van der Waals surface area contributed by atoms with Crippen LogP contribution in [0.2, 0.25) is 0 Å². The molecule has 20 heavy (non-hydrogen) atoms. The third kappa shape index (κ3) is 5.53. The lowest BCUT2D eigenvalue weighted by atomic mass is 10.2. The van der Waals surface area contributed by atoms with Gasteiger partial charge in [0.1, 0.15) is 14.8 Å². The molecule has 0 aromatic heterocycles. The van der Waals surface area contributed by atoms with Crippen molar-refractivity contribution < 1.29 is 16.8 Å². The fourth-order valence-corrected chi connectivity index (χ4v) is 3.30. The van der Waals surface area contributed by atoms with E-state index in [0.717, 1.165) is 6.26 Å².